The molecule has 100 valence electrons. The second-order valence-electron chi connectivity index (χ2n) is 5.43. The molecule has 1 atom stereocenters. The quantitative estimate of drug-likeness (QED) is 0.815. The fraction of sp³-hybridized carbons (Fsp3) is 0.625. The summed E-state index contributed by atoms with van der Waals surface area (Å²) in [6.45, 7) is 9.15. The van der Waals surface area contributed by atoms with Gasteiger partial charge in [-0.15, -0.1) is 0 Å². The van der Waals surface area contributed by atoms with E-state index >= 15 is 0 Å². The molecule has 1 N–H and O–H groups in total. The molecule has 0 bridgehead atoms. The van der Waals surface area contributed by atoms with Gasteiger partial charge in [-0.3, -0.25) is 0 Å². The minimum absolute atomic E-state index is 0.646. The van der Waals surface area contributed by atoms with E-state index in [0.717, 1.165) is 18.9 Å². The Morgan fingerprint density at radius 2 is 1.83 bits per heavy atom. The fourth-order valence-corrected chi connectivity index (χ4v) is 2.57. The highest BCUT2D eigenvalue weighted by Crippen LogP contribution is 2.21. The average molecular weight is 248 g/mol. The molecule has 2 rings (SSSR count). The topological polar surface area (TPSA) is 13.7 Å². The lowest BCUT2D eigenvalue weighted by Gasteiger charge is -2.13. The third kappa shape index (κ3) is 3.74. The van der Waals surface area contributed by atoms with E-state index in [1.807, 2.05) is 0 Å². The Morgan fingerprint density at radius 3 is 2.44 bits per heavy atom. The lowest BCUT2D eigenvalue weighted by molar-refractivity contribution is -0.887. The zero-order chi connectivity index (χ0) is 12.8. The fourth-order valence-electron chi connectivity index (χ4n) is 2.57. The first-order valence-corrected chi connectivity index (χ1v) is 7.36. The van der Waals surface area contributed by atoms with Crippen molar-refractivity contribution in [3.63, 3.8) is 0 Å². The number of rotatable bonds is 6. The predicted octanol–water partition coefficient (Wildman–Crippen LogP) is 2.26. The second kappa shape index (κ2) is 6.79. The molecule has 2 nitrogen and oxygen atoms in total. The number of quaternary nitrogens is 1. The summed E-state index contributed by atoms with van der Waals surface area (Å²) in [5, 5.41) is 0. The van der Waals surface area contributed by atoms with E-state index in [-0.39, 0.29) is 0 Å². The van der Waals surface area contributed by atoms with Gasteiger partial charge in [0.25, 0.3) is 0 Å². The Balaban J connectivity index is 1.75. The van der Waals surface area contributed by atoms with Crippen LogP contribution in [0.3, 0.4) is 0 Å². The Hall–Kier alpha value is -1.02. The molecule has 1 saturated heterocycles. The van der Waals surface area contributed by atoms with Crippen LogP contribution in [0.25, 0.3) is 0 Å². The normalized spacial score (nSPS) is 17.9. The zero-order valence-corrected chi connectivity index (χ0v) is 11.7. The minimum atomic E-state index is 0.646. The molecular formula is C16H26NO+. The molecule has 0 unspecified atom stereocenters. The summed E-state index contributed by atoms with van der Waals surface area (Å²) in [6.07, 6.45) is 3.97. The van der Waals surface area contributed by atoms with E-state index in [0.29, 0.717) is 5.92 Å². The van der Waals surface area contributed by atoms with Gasteiger partial charge < -0.3 is 9.64 Å². The molecule has 2 heteroatoms. The first-order chi connectivity index (χ1) is 8.79. The summed E-state index contributed by atoms with van der Waals surface area (Å²) < 4.78 is 5.82. The Kier molecular flexibility index (Phi) is 5.06. The van der Waals surface area contributed by atoms with Crippen molar-refractivity contribution in [3.8, 4) is 5.75 Å². The van der Waals surface area contributed by atoms with Gasteiger partial charge in [0.1, 0.15) is 18.9 Å². The summed E-state index contributed by atoms with van der Waals surface area (Å²) in [5.74, 6) is 1.66. The molecule has 1 fully saturated rings. The highest BCUT2D eigenvalue weighted by Gasteiger charge is 2.14. The van der Waals surface area contributed by atoms with Crippen molar-refractivity contribution in [1.29, 1.82) is 0 Å². The number of ether oxygens (including phenoxy) is 1. The summed E-state index contributed by atoms with van der Waals surface area (Å²) in [7, 11) is 0. The van der Waals surface area contributed by atoms with E-state index in [1.54, 1.807) is 4.90 Å². The van der Waals surface area contributed by atoms with Crippen LogP contribution in [0.4, 0.5) is 0 Å². The van der Waals surface area contributed by atoms with Crippen LogP contribution in [0.5, 0.6) is 5.75 Å². The molecule has 0 amide bonds. The molecule has 1 aromatic rings. The van der Waals surface area contributed by atoms with Gasteiger partial charge in [0.2, 0.25) is 0 Å². The molecule has 1 aliphatic heterocycles. The average Bonchev–Trinajstić information content (AvgIpc) is 2.92. The second-order valence-corrected chi connectivity index (χ2v) is 5.43. The lowest BCUT2D eigenvalue weighted by atomic mass is 9.99. The smallest absolute Gasteiger partial charge is 0.137 e. The molecule has 1 heterocycles. The molecule has 0 aliphatic carbocycles. The molecule has 18 heavy (non-hydrogen) atoms. The standard InChI is InChI=1S/C16H25NO/c1-3-14(2)15-6-8-16(9-7-15)18-13-12-17-10-4-5-11-17/h6-9,14H,3-5,10-13H2,1-2H3/p+1/t14-/m1/s1. The summed E-state index contributed by atoms with van der Waals surface area (Å²) in [5.41, 5.74) is 1.41. The van der Waals surface area contributed by atoms with Crippen LogP contribution < -0.4 is 9.64 Å². The molecule has 0 spiro atoms. The van der Waals surface area contributed by atoms with E-state index in [4.69, 9.17) is 4.74 Å². The predicted molar refractivity (Wildman–Crippen MR) is 75.4 cm³/mol. The third-order valence-electron chi connectivity index (χ3n) is 4.10. The van der Waals surface area contributed by atoms with Crippen molar-refractivity contribution in [2.75, 3.05) is 26.2 Å². The van der Waals surface area contributed by atoms with E-state index in [2.05, 4.69) is 38.1 Å². The van der Waals surface area contributed by atoms with Crippen molar-refractivity contribution < 1.29 is 9.64 Å². The van der Waals surface area contributed by atoms with Gasteiger partial charge in [0, 0.05) is 12.8 Å². The van der Waals surface area contributed by atoms with Gasteiger partial charge >= 0.3 is 0 Å². The van der Waals surface area contributed by atoms with Crippen LogP contribution in [0.2, 0.25) is 0 Å². The molecule has 1 aromatic carbocycles. The lowest BCUT2D eigenvalue weighted by Crippen LogP contribution is -3.10. The van der Waals surface area contributed by atoms with E-state index in [9.17, 15) is 0 Å². The first kappa shape index (κ1) is 13.4. The maximum absolute atomic E-state index is 5.82. The maximum Gasteiger partial charge on any atom is 0.137 e. The Labute approximate surface area is 111 Å². The zero-order valence-electron chi connectivity index (χ0n) is 11.7. The van der Waals surface area contributed by atoms with Crippen LogP contribution in [0.15, 0.2) is 24.3 Å². The molecule has 1 aliphatic rings. The van der Waals surface area contributed by atoms with Crippen LogP contribution in [-0.4, -0.2) is 26.2 Å². The SMILES string of the molecule is CC[C@@H](C)c1ccc(OCC[NH+]2CCCC2)cc1. The Bertz CT molecular complexity index is 341. The highest BCUT2D eigenvalue weighted by atomic mass is 16.5. The molecule has 0 saturated carbocycles. The van der Waals surface area contributed by atoms with Crippen LogP contribution in [-0.2, 0) is 0 Å². The summed E-state index contributed by atoms with van der Waals surface area (Å²) >= 11 is 0. The summed E-state index contributed by atoms with van der Waals surface area (Å²) in [6, 6.07) is 8.63. The minimum Gasteiger partial charge on any atom is -0.488 e. The van der Waals surface area contributed by atoms with Gasteiger partial charge in [0.05, 0.1) is 13.1 Å². The van der Waals surface area contributed by atoms with Crippen molar-refractivity contribution in [2.24, 2.45) is 0 Å². The van der Waals surface area contributed by atoms with Crippen LogP contribution >= 0.6 is 0 Å². The maximum atomic E-state index is 5.82. The van der Waals surface area contributed by atoms with Crippen molar-refractivity contribution in [2.45, 2.75) is 39.0 Å². The monoisotopic (exact) mass is 248 g/mol. The van der Waals surface area contributed by atoms with Gasteiger partial charge in [0.15, 0.2) is 0 Å². The number of nitrogens with one attached hydrogen (secondary N) is 1. The van der Waals surface area contributed by atoms with E-state index in [1.165, 1.54) is 37.9 Å². The number of benzene rings is 1. The largest absolute Gasteiger partial charge is 0.488 e. The third-order valence-corrected chi connectivity index (χ3v) is 4.10. The van der Waals surface area contributed by atoms with Gasteiger partial charge in [-0.1, -0.05) is 26.0 Å². The van der Waals surface area contributed by atoms with Crippen LogP contribution in [0.1, 0.15) is 44.6 Å². The van der Waals surface area contributed by atoms with Gasteiger partial charge in [-0.25, -0.2) is 0 Å². The first-order valence-electron chi connectivity index (χ1n) is 7.36. The number of likely N-dealkylation sites (tertiary alicyclic amines) is 1. The van der Waals surface area contributed by atoms with Crippen molar-refractivity contribution >= 4 is 0 Å². The number of hydrogen-bond acceptors (Lipinski definition) is 1. The van der Waals surface area contributed by atoms with Gasteiger partial charge in [-0.2, -0.15) is 0 Å². The van der Waals surface area contributed by atoms with Crippen LogP contribution in [0, 0.1) is 0 Å². The van der Waals surface area contributed by atoms with Crippen molar-refractivity contribution in [1.82, 2.24) is 0 Å². The number of hydrogen-bond donors (Lipinski definition) is 1. The molecular weight excluding hydrogens is 222 g/mol. The molecule has 0 aromatic heterocycles. The Morgan fingerprint density at radius 1 is 1.17 bits per heavy atom. The van der Waals surface area contributed by atoms with Gasteiger partial charge in [-0.05, 0) is 30.0 Å². The van der Waals surface area contributed by atoms with E-state index < -0.39 is 0 Å². The van der Waals surface area contributed by atoms with Crippen molar-refractivity contribution in [3.05, 3.63) is 29.8 Å². The molecule has 0 radical (unpaired) electrons. The summed E-state index contributed by atoms with van der Waals surface area (Å²) in [4.78, 5) is 1.70. The highest BCUT2D eigenvalue weighted by molar-refractivity contribution is 5.29.